The van der Waals surface area contributed by atoms with Crippen molar-refractivity contribution in [2.75, 3.05) is 5.32 Å². The molecule has 1 fully saturated rings. The molecule has 0 atom stereocenters. The Morgan fingerprint density at radius 3 is 2.61 bits per heavy atom. The van der Waals surface area contributed by atoms with Gasteiger partial charge in [0.1, 0.15) is 0 Å². The Labute approximate surface area is 139 Å². The number of rotatable bonds is 3. The van der Waals surface area contributed by atoms with E-state index < -0.39 is 5.41 Å². The number of carbonyl (C=O) groups is 1. The van der Waals surface area contributed by atoms with Crippen molar-refractivity contribution in [3.63, 3.8) is 0 Å². The number of fused-ring (bicyclic) bond motifs is 1. The molecule has 0 spiro atoms. The standard InChI is InChI=1S/C19H17ClN2O/c1-12-2-5-14(6-3-12)22-18(23)19(8-9-19)16-11-21-17-7-4-13(20)10-15(16)17/h2-7,10-11,21H,8-9H2,1H3,(H,22,23). The van der Waals surface area contributed by atoms with E-state index in [-0.39, 0.29) is 5.91 Å². The number of hydrogen-bond acceptors (Lipinski definition) is 1. The van der Waals surface area contributed by atoms with Crippen LogP contribution in [0.1, 0.15) is 24.0 Å². The van der Waals surface area contributed by atoms with Gasteiger partial charge in [0.2, 0.25) is 5.91 Å². The molecule has 0 aliphatic heterocycles. The third-order valence-electron chi connectivity index (χ3n) is 4.65. The van der Waals surface area contributed by atoms with Gasteiger partial charge >= 0.3 is 0 Å². The molecule has 0 bridgehead atoms. The molecule has 1 saturated carbocycles. The first-order chi connectivity index (χ1) is 11.1. The predicted octanol–water partition coefficient (Wildman–Crippen LogP) is 4.80. The number of aromatic amines is 1. The molecule has 1 heterocycles. The third-order valence-corrected chi connectivity index (χ3v) is 4.89. The predicted molar refractivity (Wildman–Crippen MR) is 94.0 cm³/mol. The van der Waals surface area contributed by atoms with Crippen molar-refractivity contribution in [2.24, 2.45) is 0 Å². The lowest BCUT2D eigenvalue weighted by Crippen LogP contribution is -2.27. The Bertz CT molecular complexity index is 891. The number of carbonyl (C=O) groups excluding carboxylic acids is 1. The molecule has 4 rings (SSSR count). The van der Waals surface area contributed by atoms with E-state index >= 15 is 0 Å². The molecular formula is C19H17ClN2O. The Hall–Kier alpha value is -2.26. The molecule has 2 N–H and O–H groups in total. The van der Waals surface area contributed by atoms with E-state index in [0.717, 1.165) is 35.0 Å². The summed E-state index contributed by atoms with van der Waals surface area (Å²) in [6.07, 6.45) is 3.68. The van der Waals surface area contributed by atoms with E-state index in [4.69, 9.17) is 11.6 Å². The molecule has 2 aromatic carbocycles. The van der Waals surface area contributed by atoms with E-state index in [9.17, 15) is 4.79 Å². The van der Waals surface area contributed by atoms with E-state index in [1.807, 2.05) is 55.6 Å². The van der Waals surface area contributed by atoms with Gasteiger partial charge in [0, 0.05) is 27.8 Å². The number of aryl methyl sites for hydroxylation is 1. The van der Waals surface area contributed by atoms with E-state index in [0.29, 0.717) is 5.02 Å². The summed E-state index contributed by atoms with van der Waals surface area (Å²) in [4.78, 5) is 16.1. The lowest BCUT2D eigenvalue weighted by atomic mass is 9.94. The number of halogens is 1. The summed E-state index contributed by atoms with van der Waals surface area (Å²) < 4.78 is 0. The average molecular weight is 325 g/mol. The van der Waals surface area contributed by atoms with Crippen molar-refractivity contribution in [2.45, 2.75) is 25.2 Å². The van der Waals surface area contributed by atoms with Gasteiger partial charge in [0.05, 0.1) is 5.41 Å². The molecule has 3 aromatic rings. The number of nitrogens with one attached hydrogen (secondary N) is 2. The van der Waals surface area contributed by atoms with E-state index in [1.165, 1.54) is 5.56 Å². The molecule has 4 heteroatoms. The molecule has 1 amide bonds. The van der Waals surface area contributed by atoms with Crippen LogP contribution in [0, 0.1) is 6.92 Å². The first kappa shape index (κ1) is 14.3. The van der Waals surface area contributed by atoms with E-state index in [2.05, 4.69) is 10.3 Å². The van der Waals surface area contributed by atoms with Crippen LogP contribution in [0.5, 0.6) is 0 Å². The van der Waals surface area contributed by atoms with Gasteiger partial charge in [0.15, 0.2) is 0 Å². The van der Waals surface area contributed by atoms with Crippen molar-refractivity contribution in [1.29, 1.82) is 0 Å². The van der Waals surface area contributed by atoms with Crippen LogP contribution >= 0.6 is 11.6 Å². The highest BCUT2D eigenvalue weighted by atomic mass is 35.5. The lowest BCUT2D eigenvalue weighted by molar-refractivity contribution is -0.118. The number of H-pyrrole nitrogens is 1. The van der Waals surface area contributed by atoms with Crippen LogP contribution < -0.4 is 5.32 Å². The number of hydrogen-bond donors (Lipinski definition) is 2. The SMILES string of the molecule is Cc1ccc(NC(=O)C2(c3c[nH]c4ccc(Cl)cc34)CC2)cc1. The molecular weight excluding hydrogens is 308 g/mol. The van der Waals surface area contributed by atoms with Crippen molar-refractivity contribution in [3.05, 3.63) is 64.8 Å². The van der Waals surface area contributed by atoms with E-state index in [1.54, 1.807) is 0 Å². The molecule has 23 heavy (non-hydrogen) atoms. The summed E-state index contributed by atoms with van der Waals surface area (Å²) in [5.41, 5.74) is 3.63. The van der Waals surface area contributed by atoms with Crippen LogP contribution in [0.4, 0.5) is 5.69 Å². The summed E-state index contributed by atoms with van der Waals surface area (Å²) in [5.74, 6) is 0.0576. The highest BCUT2D eigenvalue weighted by molar-refractivity contribution is 6.31. The highest BCUT2D eigenvalue weighted by Crippen LogP contribution is 2.51. The van der Waals surface area contributed by atoms with Gasteiger partial charge in [-0.3, -0.25) is 4.79 Å². The summed E-state index contributed by atoms with van der Waals surface area (Å²) in [5, 5.41) is 4.78. The van der Waals surface area contributed by atoms with Gasteiger partial charge in [-0.25, -0.2) is 0 Å². The van der Waals surface area contributed by atoms with Crippen LogP contribution in [0.15, 0.2) is 48.7 Å². The second kappa shape index (κ2) is 5.14. The highest BCUT2D eigenvalue weighted by Gasteiger charge is 2.52. The maximum Gasteiger partial charge on any atom is 0.235 e. The Morgan fingerprint density at radius 1 is 1.17 bits per heavy atom. The fourth-order valence-electron chi connectivity index (χ4n) is 3.12. The molecule has 1 aromatic heterocycles. The van der Waals surface area contributed by atoms with Crippen LogP contribution in [0.25, 0.3) is 10.9 Å². The maximum absolute atomic E-state index is 12.9. The molecule has 1 aliphatic rings. The lowest BCUT2D eigenvalue weighted by Gasteiger charge is -2.15. The zero-order chi connectivity index (χ0) is 16.0. The molecule has 0 radical (unpaired) electrons. The van der Waals surface area contributed by atoms with Crippen LogP contribution in [0.3, 0.4) is 0 Å². The molecule has 3 nitrogen and oxygen atoms in total. The molecule has 0 saturated heterocycles. The van der Waals surface area contributed by atoms with Gasteiger partial charge in [-0.05, 0) is 55.7 Å². The fourth-order valence-corrected chi connectivity index (χ4v) is 3.29. The largest absolute Gasteiger partial charge is 0.361 e. The minimum absolute atomic E-state index is 0.0576. The number of benzene rings is 2. The minimum atomic E-state index is -0.437. The zero-order valence-electron chi connectivity index (χ0n) is 12.8. The Balaban J connectivity index is 1.68. The van der Waals surface area contributed by atoms with Crippen molar-refractivity contribution in [3.8, 4) is 0 Å². The number of anilines is 1. The third kappa shape index (κ3) is 2.41. The summed E-state index contributed by atoms with van der Waals surface area (Å²) in [6, 6.07) is 13.6. The number of amides is 1. The Morgan fingerprint density at radius 2 is 1.91 bits per heavy atom. The second-order valence-corrected chi connectivity index (χ2v) is 6.73. The maximum atomic E-state index is 12.9. The number of aromatic nitrogens is 1. The summed E-state index contributed by atoms with van der Waals surface area (Å²) >= 11 is 6.13. The zero-order valence-corrected chi connectivity index (χ0v) is 13.6. The normalized spacial score (nSPS) is 15.6. The van der Waals surface area contributed by atoms with Crippen molar-refractivity contribution in [1.82, 2.24) is 4.98 Å². The summed E-state index contributed by atoms with van der Waals surface area (Å²) in [7, 11) is 0. The van der Waals surface area contributed by atoms with Crippen LogP contribution in [0.2, 0.25) is 5.02 Å². The monoisotopic (exact) mass is 324 g/mol. The minimum Gasteiger partial charge on any atom is -0.361 e. The summed E-state index contributed by atoms with van der Waals surface area (Å²) in [6.45, 7) is 2.03. The van der Waals surface area contributed by atoms with Gasteiger partial charge in [-0.1, -0.05) is 29.3 Å². The Kier molecular flexibility index (Phi) is 3.20. The average Bonchev–Trinajstić information content (AvgIpc) is 3.24. The first-order valence-corrected chi connectivity index (χ1v) is 8.11. The van der Waals surface area contributed by atoms with Gasteiger partial charge in [0.25, 0.3) is 0 Å². The quantitative estimate of drug-likeness (QED) is 0.714. The van der Waals surface area contributed by atoms with Crippen molar-refractivity contribution >= 4 is 34.1 Å². The van der Waals surface area contributed by atoms with Crippen LogP contribution in [-0.2, 0) is 10.2 Å². The first-order valence-electron chi connectivity index (χ1n) is 7.74. The van der Waals surface area contributed by atoms with Gasteiger partial charge in [-0.2, -0.15) is 0 Å². The topological polar surface area (TPSA) is 44.9 Å². The van der Waals surface area contributed by atoms with Crippen molar-refractivity contribution < 1.29 is 4.79 Å². The van der Waals surface area contributed by atoms with Crippen LogP contribution in [-0.4, -0.2) is 10.9 Å². The smallest absolute Gasteiger partial charge is 0.235 e. The molecule has 116 valence electrons. The molecule has 1 aliphatic carbocycles. The van der Waals surface area contributed by atoms with Gasteiger partial charge < -0.3 is 10.3 Å². The van der Waals surface area contributed by atoms with Gasteiger partial charge in [-0.15, -0.1) is 0 Å². The second-order valence-electron chi connectivity index (χ2n) is 6.29. The fraction of sp³-hybridized carbons (Fsp3) is 0.211. The molecule has 0 unspecified atom stereocenters.